The van der Waals surface area contributed by atoms with Crippen LogP contribution in [0.5, 0.6) is 0 Å². The van der Waals surface area contributed by atoms with Gasteiger partial charge in [-0.05, 0) is 64.8 Å². The van der Waals surface area contributed by atoms with Gasteiger partial charge >= 0.3 is 5.97 Å². The van der Waals surface area contributed by atoms with Crippen molar-refractivity contribution in [2.24, 2.45) is 5.73 Å². The Hall–Kier alpha value is -2.61. The van der Waals surface area contributed by atoms with Crippen LogP contribution in [0.15, 0.2) is 18.2 Å². The first kappa shape index (κ1) is 23.1. The molecular formula is C23H34N4O4. The van der Waals surface area contributed by atoms with Crippen molar-refractivity contribution >= 4 is 23.5 Å². The van der Waals surface area contributed by atoms with Gasteiger partial charge in [0.1, 0.15) is 11.6 Å². The molecule has 2 aliphatic heterocycles. The number of ether oxygens (including phenoxy) is 1. The fourth-order valence-corrected chi connectivity index (χ4v) is 4.31. The summed E-state index contributed by atoms with van der Waals surface area (Å²) in [7, 11) is 0. The fraction of sp³-hybridized carbons (Fsp3) is 0.609. The molecule has 2 heterocycles. The van der Waals surface area contributed by atoms with Gasteiger partial charge in [0.05, 0.1) is 0 Å². The van der Waals surface area contributed by atoms with Gasteiger partial charge in [0, 0.05) is 49.4 Å². The van der Waals surface area contributed by atoms with Gasteiger partial charge in [-0.25, -0.2) is 0 Å². The number of rotatable bonds is 6. The van der Waals surface area contributed by atoms with E-state index >= 15 is 0 Å². The monoisotopic (exact) mass is 430 g/mol. The average Bonchev–Trinajstić information content (AvgIpc) is 2.95. The second kappa shape index (κ2) is 8.49. The zero-order valence-corrected chi connectivity index (χ0v) is 19.2. The number of hydrogen-bond acceptors (Lipinski definition) is 6. The van der Waals surface area contributed by atoms with E-state index in [0.717, 1.165) is 30.9 Å². The first-order valence-electron chi connectivity index (χ1n) is 10.8. The van der Waals surface area contributed by atoms with Gasteiger partial charge in [-0.3, -0.25) is 14.4 Å². The molecule has 2 aliphatic rings. The normalized spacial score (nSPS) is 19.2. The number of nitrogens with zero attached hydrogens (tertiary/aromatic N) is 2. The van der Waals surface area contributed by atoms with Crippen LogP contribution in [0.3, 0.4) is 0 Å². The number of nitrogens with one attached hydrogen (secondary N) is 1. The lowest BCUT2D eigenvalue weighted by atomic mass is 9.98. The Labute approximate surface area is 184 Å². The largest absolute Gasteiger partial charge is 0.460 e. The van der Waals surface area contributed by atoms with Crippen LogP contribution in [-0.2, 0) is 20.9 Å². The summed E-state index contributed by atoms with van der Waals surface area (Å²) in [5.74, 6) is -1.26. The summed E-state index contributed by atoms with van der Waals surface area (Å²) in [6.07, 6.45) is 0.160. The molecule has 8 nitrogen and oxygen atoms in total. The smallest absolute Gasteiger partial charge is 0.306 e. The molecule has 1 atom stereocenters. The molecule has 3 N–H and O–H groups in total. The minimum absolute atomic E-state index is 0.0191. The molecule has 0 spiro atoms. The van der Waals surface area contributed by atoms with Gasteiger partial charge < -0.3 is 25.6 Å². The molecule has 0 aromatic heterocycles. The first-order chi connectivity index (χ1) is 14.4. The maximum Gasteiger partial charge on any atom is 0.306 e. The Kier molecular flexibility index (Phi) is 6.32. The van der Waals surface area contributed by atoms with Crippen molar-refractivity contribution in [3.05, 3.63) is 29.3 Å². The highest BCUT2D eigenvalue weighted by atomic mass is 16.6. The van der Waals surface area contributed by atoms with Crippen LogP contribution in [-0.4, -0.2) is 59.5 Å². The van der Waals surface area contributed by atoms with Crippen LogP contribution in [0.4, 0.5) is 5.69 Å². The van der Waals surface area contributed by atoms with E-state index in [2.05, 4.69) is 24.1 Å². The van der Waals surface area contributed by atoms with Crippen molar-refractivity contribution in [2.75, 3.05) is 24.5 Å². The van der Waals surface area contributed by atoms with Crippen LogP contribution in [0.25, 0.3) is 0 Å². The van der Waals surface area contributed by atoms with Crippen LogP contribution in [0.2, 0.25) is 0 Å². The molecule has 1 unspecified atom stereocenters. The third-order valence-electron chi connectivity index (χ3n) is 5.78. The van der Waals surface area contributed by atoms with Gasteiger partial charge in [0.25, 0.3) is 5.91 Å². The summed E-state index contributed by atoms with van der Waals surface area (Å²) in [4.78, 5) is 41.1. The van der Waals surface area contributed by atoms with E-state index in [1.54, 1.807) is 20.8 Å². The van der Waals surface area contributed by atoms with E-state index in [9.17, 15) is 14.4 Å². The molecule has 1 fully saturated rings. The van der Waals surface area contributed by atoms with Crippen molar-refractivity contribution in [3.8, 4) is 0 Å². The number of hydrogen-bond donors (Lipinski definition) is 2. The Morgan fingerprint density at radius 1 is 1.29 bits per heavy atom. The molecule has 1 aromatic rings. The Bertz CT molecular complexity index is 875. The molecule has 0 radical (unpaired) electrons. The van der Waals surface area contributed by atoms with Crippen molar-refractivity contribution in [2.45, 2.75) is 71.2 Å². The van der Waals surface area contributed by atoms with Crippen LogP contribution in [0.1, 0.15) is 63.4 Å². The highest BCUT2D eigenvalue weighted by Gasteiger charge is 2.37. The zero-order chi connectivity index (χ0) is 23.0. The zero-order valence-electron chi connectivity index (χ0n) is 19.2. The van der Waals surface area contributed by atoms with Gasteiger partial charge in [-0.1, -0.05) is 0 Å². The molecule has 170 valence electrons. The van der Waals surface area contributed by atoms with E-state index in [-0.39, 0.29) is 24.3 Å². The lowest BCUT2D eigenvalue weighted by Crippen LogP contribution is -2.58. The number of carbonyl (C=O) groups is 3. The van der Waals surface area contributed by atoms with Crippen molar-refractivity contribution in [1.82, 2.24) is 10.2 Å². The number of anilines is 1. The van der Waals surface area contributed by atoms with E-state index in [1.165, 1.54) is 4.90 Å². The molecule has 8 heteroatoms. The number of esters is 1. The van der Waals surface area contributed by atoms with Crippen molar-refractivity contribution in [1.29, 1.82) is 0 Å². The number of fused-ring (bicyclic) bond motifs is 1. The predicted molar refractivity (Wildman–Crippen MR) is 119 cm³/mol. The maximum atomic E-state index is 13.0. The summed E-state index contributed by atoms with van der Waals surface area (Å²) < 4.78 is 5.32. The molecule has 0 saturated carbocycles. The van der Waals surface area contributed by atoms with Crippen LogP contribution >= 0.6 is 0 Å². The van der Waals surface area contributed by atoms with Crippen molar-refractivity contribution in [3.63, 3.8) is 0 Å². The van der Waals surface area contributed by atoms with Crippen LogP contribution < -0.4 is 16.0 Å². The summed E-state index contributed by atoms with van der Waals surface area (Å²) in [6.45, 7) is 12.7. The topological polar surface area (TPSA) is 105 Å². The molecule has 1 aromatic carbocycles. The number of primary amides is 1. The number of carbonyl (C=O) groups excluding carboxylic acids is 3. The first-order valence-corrected chi connectivity index (χ1v) is 10.8. The molecule has 31 heavy (non-hydrogen) atoms. The standard InChI is InChI=1S/C23H34N4O4/c1-22(2,3)31-19(28)9-8-18(20(24)29)26-13-15-12-16(6-7-17(15)21(26)30)27-11-10-25-14-23(27,4)5/h6-7,12,18,25H,8-11,13-14H2,1-5H3,(H2,24,29). The fourth-order valence-electron chi connectivity index (χ4n) is 4.31. The van der Waals surface area contributed by atoms with E-state index in [4.69, 9.17) is 10.5 Å². The average molecular weight is 431 g/mol. The predicted octanol–water partition coefficient (Wildman–Crippen LogP) is 1.81. The number of benzene rings is 1. The minimum Gasteiger partial charge on any atom is -0.460 e. The SMILES string of the molecule is CC(C)(C)OC(=O)CCC(C(N)=O)N1Cc2cc(N3CCNCC3(C)C)ccc2C1=O. The van der Waals surface area contributed by atoms with Gasteiger partial charge in [0.2, 0.25) is 5.91 Å². The molecule has 1 saturated heterocycles. The second-order valence-corrected chi connectivity index (χ2v) is 9.96. The quantitative estimate of drug-likeness (QED) is 0.667. The number of piperazine rings is 1. The molecule has 0 bridgehead atoms. The van der Waals surface area contributed by atoms with Crippen molar-refractivity contribution < 1.29 is 19.1 Å². The highest BCUT2D eigenvalue weighted by molar-refractivity contribution is 6.01. The van der Waals surface area contributed by atoms with Gasteiger partial charge in [-0.15, -0.1) is 0 Å². The van der Waals surface area contributed by atoms with Crippen LogP contribution in [0, 0.1) is 0 Å². The summed E-state index contributed by atoms with van der Waals surface area (Å²) in [5, 5.41) is 3.41. The minimum atomic E-state index is -0.855. The lowest BCUT2D eigenvalue weighted by Gasteiger charge is -2.44. The second-order valence-electron chi connectivity index (χ2n) is 9.96. The lowest BCUT2D eigenvalue weighted by molar-refractivity contribution is -0.155. The third-order valence-corrected chi connectivity index (χ3v) is 5.78. The number of nitrogens with two attached hydrogens (primary N) is 1. The summed E-state index contributed by atoms with van der Waals surface area (Å²) in [6, 6.07) is 4.97. The van der Waals surface area contributed by atoms with Gasteiger partial charge in [-0.2, -0.15) is 0 Å². The molecular weight excluding hydrogens is 396 g/mol. The molecule has 2 amide bonds. The Morgan fingerprint density at radius 3 is 2.61 bits per heavy atom. The highest BCUT2D eigenvalue weighted by Crippen LogP contribution is 2.32. The van der Waals surface area contributed by atoms with E-state index < -0.39 is 23.5 Å². The van der Waals surface area contributed by atoms with E-state index in [1.807, 2.05) is 18.2 Å². The maximum absolute atomic E-state index is 13.0. The molecule has 0 aliphatic carbocycles. The van der Waals surface area contributed by atoms with E-state index in [0.29, 0.717) is 12.1 Å². The van der Waals surface area contributed by atoms with Gasteiger partial charge in [0.15, 0.2) is 0 Å². The Morgan fingerprint density at radius 2 is 2.00 bits per heavy atom. The Balaban J connectivity index is 1.75. The summed E-state index contributed by atoms with van der Waals surface area (Å²) >= 11 is 0. The number of amides is 2. The molecule has 3 rings (SSSR count). The third kappa shape index (κ3) is 5.18. The summed E-state index contributed by atoms with van der Waals surface area (Å²) in [5.41, 5.74) is 7.48.